The van der Waals surface area contributed by atoms with Gasteiger partial charge in [-0.2, -0.15) is 5.10 Å². The number of aryl methyl sites for hydroxylation is 3. The van der Waals surface area contributed by atoms with Crippen molar-refractivity contribution in [1.29, 1.82) is 0 Å². The molecule has 0 aromatic carbocycles. The van der Waals surface area contributed by atoms with E-state index in [0.717, 1.165) is 41.1 Å². The monoisotopic (exact) mass is 443 g/mol. The summed E-state index contributed by atoms with van der Waals surface area (Å²) in [6.07, 6.45) is 2.30. The molecule has 1 unspecified atom stereocenters. The first-order valence-electron chi connectivity index (χ1n) is 11.2. The number of amides is 2. The van der Waals surface area contributed by atoms with Gasteiger partial charge in [-0.1, -0.05) is 0 Å². The molecule has 0 bridgehead atoms. The van der Waals surface area contributed by atoms with Gasteiger partial charge in [-0.3, -0.25) is 14.4 Å². The third-order valence-electron chi connectivity index (χ3n) is 6.07. The number of hydrogen-bond donors (Lipinski definition) is 0. The molecule has 1 saturated heterocycles. The molecule has 1 fully saturated rings. The number of rotatable bonds is 7. The quantitative estimate of drug-likeness (QED) is 0.606. The van der Waals surface area contributed by atoms with E-state index >= 15 is 0 Å². The zero-order chi connectivity index (χ0) is 23.4. The van der Waals surface area contributed by atoms with Gasteiger partial charge in [-0.05, 0) is 52.5 Å². The molecule has 1 aliphatic rings. The van der Waals surface area contributed by atoms with Gasteiger partial charge in [-0.25, -0.2) is 9.50 Å². The number of carbonyl (C=O) groups is 3. The van der Waals surface area contributed by atoms with Gasteiger partial charge in [0.1, 0.15) is 0 Å². The molecular weight excluding hydrogens is 410 g/mol. The summed E-state index contributed by atoms with van der Waals surface area (Å²) in [5.74, 6) is -0.781. The van der Waals surface area contributed by atoms with E-state index in [1.807, 2.05) is 31.4 Å². The van der Waals surface area contributed by atoms with Crippen molar-refractivity contribution < 1.29 is 19.1 Å². The normalized spacial score (nSPS) is 16.3. The highest BCUT2D eigenvalue weighted by molar-refractivity contribution is 5.85. The van der Waals surface area contributed by atoms with E-state index in [2.05, 4.69) is 10.1 Å². The van der Waals surface area contributed by atoms with E-state index in [4.69, 9.17) is 4.74 Å². The Morgan fingerprint density at radius 2 is 2.00 bits per heavy atom. The summed E-state index contributed by atoms with van der Waals surface area (Å²) in [6, 6.07) is 1.93. The van der Waals surface area contributed by atoms with Crippen LogP contribution in [-0.2, 0) is 25.5 Å². The lowest BCUT2D eigenvalue weighted by atomic mass is 9.98. The van der Waals surface area contributed by atoms with Crippen molar-refractivity contribution in [2.45, 2.75) is 53.4 Å². The molecule has 1 aliphatic heterocycles. The summed E-state index contributed by atoms with van der Waals surface area (Å²) in [6.45, 7) is 8.92. The molecule has 0 spiro atoms. The van der Waals surface area contributed by atoms with Crippen molar-refractivity contribution in [3.05, 3.63) is 28.7 Å². The summed E-state index contributed by atoms with van der Waals surface area (Å²) in [4.78, 5) is 45.2. The molecule has 0 aliphatic carbocycles. The minimum Gasteiger partial charge on any atom is -0.466 e. The SMILES string of the molecule is CCOC(=O)C1CCCN(C(=O)CN(C)C(=O)CCc2c(C)nc3cc(C)nn3c2C)C1. The fourth-order valence-electron chi connectivity index (χ4n) is 4.27. The van der Waals surface area contributed by atoms with E-state index in [-0.39, 0.29) is 36.7 Å². The first-order chi connectivity index (χ1) is 15.2. The van der Waals surface area contributed by atoms with Crippen LogP contribution >= 0.6 is 0 Å². The van der Waals surface area contributed by atoms with Gasteiger partial charge in [0.25, 0.3) is 0 Å². The molecule has 0 radical (unpaired) electrons. The summed E-state index contributed by atoms with van der Waals surface area (Å²) in [5.41, 5.74) is 4.57. The van der Waals surface area contributed by atoms with Crippen molar-refractivity contribution in [2.75, 3.05) is 33.3 Å². The summed E-state index contributed by atoms with van der Waals surface area (Å²) in [7, 11) is 1.64. The minimum atomic E-state index is -0.284. The average Bonchev–Trinajstić information content (AvgIpc) is 3.13. The number of esters is 1. The Morgan fingerprint density at radius 3 is 2.72 bits per heavy atom. The molecule has 9 heteroatoms. The standard InChI is InChI=1S/C23H33N5O4/c1-6-32-23(31)18-8-7-11-27(13-18)22(30)14-26(5)21(29)10-9-19-16(3)24-20-12-15(2)25-28(20)17(19)4/h12,18H,6-11,13-14H2,1-5H3. The Kier molecular flexibility index (Phi) is 7.48. The second-order valence-electron chi connectivity index (χ2n) is 8.50. The Bertz CT molecular complexity index is 1020. The number of ether oxygens (including phenoxy) is 1. The molecule has 9 nitrogen and oxygen atoms in total. The van der Waals surface area contributed by atoms with Crippen molar-refractivity contribution in [3.8, 4) is 0 Å². The maximum atomic E-state index is 12.7. The van der Waals surface area contributed by atoms with E-state index in [0.29, 0.717) is 26.1 Å². The van der Waals surface area contributed by atoms with Gasteiger partial charge in [0.05, 0.1) is 24.8 Å². The number of likely N-dealkylation sites (tertiary alicyclic amines) is 1. The fraction of sp³-hybridized carbons (Fsp3) is 0.609. The summed E-state index contributed by atoms with van der Waals surface area (Å²) in [5, 5.41) is 4.47. The lowest BCUT2D eigenvalue weighted by Gasteiger charge is -2.32. The Labute approximate surface area is 188 Å². The Balaban J connectivity index is 1.56. The molecule has 1 atom stereocenters. The van der Waals surface area contributed by atoms with Gasteiger partial charge in [0.2, 0.25) is 11.8 Å². The number of nitrogens with zero attached hydrogens (tertiary/aromatic N) is 5. The Hall–Kier alpha value is -2.97. The van der Waals surface area contributed by atoms with Crippen LogP contribution in [0.2, 0.25) is 0 Å². The van der Waals surface area contributed by atoms with Crippen LogP contribution in [-0.4, -0.2) is 75.5 Å². The van der Waals surface area contributed by atoms with E-state index in [9.17, 15) is 14.4 Å². The van der Waals surface area contributed by atoms with Crippen LogP contribution in [0.1, 0.15) is 48.8 Å². The molecule has 0 saturated carbocycles. The van der Waals surface area contributed by atoms with E-state index < -0.39 is 0 Å². The first kappa shape index (κ1) is 23.7. The van der Waals surface area contributed by atoms with Crippen LogP contribution in [0.3, 0.4) is 0 Å². The van der Waals surface area contributed by atoms with Crippen LogP contribution in [0.25, 0.3) is 5.65 Å². The molecule has 2 amide bonds. The van der Waals surface area contributed by atoms with Gasteiger partial charge in [-0.15, -0.1) is 0 Å². The fourth-order valence-corrected chi connectivity index (χ4v) is 4.27. The lowest BCUT2D eigenvalue weighted by Crippen LogP contribution is -2.47. The maximum Gasteiger partial charge on any atom is 0.310 e. The second kappa shape index (κ2) is 10.1. The molecule has 3 rings (SSSR count). The zero-order valence-corrected chi connectivity index (χ0v) is 19.7. The number of likely N-dealkylation sites (N-methyl/N-ethyl adjacent to an activating group) is 1. The third kappa shape index (κ3) is 5.26. The van der Waals surface area contributed by atoms with E-state index in [1.54, 1.807) is 18.9 Å². The van der Waals surface area contributed by atoms with Crippen LogP contribution in [0.4, 0.5) is 0 Å². The van der Waals surface area contributed by atoms with Gasteiger partial charge >= 0.3 is 5.97 Å². The van der Waals surface area contributed by atoms with Gasteiger partial charge < -0.3 is 14.5 Å². The number of hydrogen-bond acceptors (Lipinski definition) is 6. The number of carbonyl (C=O) groups excluding carboxylic acids is 3. The lowest BCUT2D eigenvalue weighted by molar-refractivity contribution is -0.152. The highest BCUT2D eigenvalue weighted by Gasteiger charge is 2.30. The second-order valence-corrected chi connectivity index (χ2v) is 8.50. The zero-order valence-electron chi connectivity index (χ0n) is 19.7. The maximum absolute atomic E-state index is 12.7. The predicted molar refractivity (Wildman–Crippen MR) is 119 cm³/mol. The molecule has 2 aromatic rings. The molecule has 174 valence electrons. The number of aromatic nitrogens is 3. The average molecular weight is 444 g/mol. The third-order valence-corrected chi connectivity index (χ3v) is 6.07. The Morgan fingerprint density at radius 1 is 1.25 bits per heavy atom. The molecule has 3 heterocycles. The first-order valence-corrected chi connectivity index (χ1v) is 11.2. The molecule has 32 heavy (non-hydrogen) atoms. The summed E-state index contributed by atoms with van der Waals surface area (Å²) < 4.78 is 6.91. The molecular formula is C23H33N5O4. The van der Waals surface area contributed by atoms with Gasteiger partial charge in [0.15, 0.2) is 5.65 Å². The van der Waals surface area contributed by atoms with Crippen LogP contribution in [0.5, 0.6) is 0 Å². The summed E-state index contributed by atoms with van der Waals surface area (Å²) >= 11 is 0. The smallest absolute Gasteiger partial charge is 0.310 e. The van der Waals surface area contributed by atoms with Crippen molar-refractivity contribution in [3.63, 3.8) is 0 Å². The highest BCUT2D eigenvalue weighted by atomic mass is 16.5. The van der Waals surface area contributed by atoms with E-state index in [1.165, 1.54) is 4.90 Å². The van der Waals surface area contributed by atoms with Crippen LogP contribution < -0.4 is 0 Å². The van der Waals surface area contributed by atoms with Gasteiger partial charge in [0, 0.05) is 44.0 Å². The number of fused-ring (bicyclic) bond motifs is 1. The number of piperidine rings is 1. The van der Waals surface area contributed by atoms with Crippen molar-refractivity contribution >= 4 is 23.4 Å². The minimum absolute atomic E-state index is 0.00196. The van der Waals surface area contributed by atoms with Crippen LogP contribution in [0, 0.1) is 26.7 Å². The topological polar surface area (TPSA) is 97.1 Å². The molecule has 2 aromatic heterocycles. The predicted octanol–water partition coefficient (Wildman–Crippen LogP) is 1.85. The highest BCUT2D eigenvalue weighted by Crippen LogP contribution is 2.19. The van der Waals surface area contributed by atoms with Crippen molar-refractivity contribution in [1.82, 2.24) is 24.4 Å². The van der Waals surface area contributed by atoms with Crippen LogP contribution in [0.15, 0.2) is 6.07 Å². The molecule has 0 N–H and O–H groups in total. The van der Waals surface area contributed by atoms with Crippen molar-refractivity contribution in [2.24, 2.45) is 5.92 Å². The largest absolute Gasteiger partial charge is 0.466 e.